The summed E-state index contributed by atoms with van der Waals surface area (Å²) in [7, 11) is 0. The summed E-state index contributed by atoms with van der Waals surface area (Å²) >= 11 is 0. The largest absolute Gasteiger partial charge is 0.381 e. The van der Waals surface area contributed by atoms with Crippen LogP contribution in [0.15, 0.2) is 72.8 Å². The summed E-state index contributed by atoms with van der Waals surface area (Å²) in [4.78, 5) is 0. The van der Waals surface area contributed by atoms with Crippen molar-refractivity contribution in [2.45, 2.75) is 13.1 Å². The molecule has 0 heterocycles. The maximum absolute atomic E-state index is 9.17. The van der Waals surface area contributed by atoms with Crippen molar-refractivity contribution in [1.82, 2.24) is 0 Å². The highest BCUT2D eigenvalue weighted by Gasteiger charge is 2.03. The van der Waals surface area contributed by atoms with Crippen molar-refractivity contribution in [2.75, 3.05) is 10.6 Å². The fraction of sp³-hybridized carbons (Fsp3) is 0.0909. The number of hydrogen-bond donors (Lipinski definition) is 2. The summed E-state index contributed by atoms with van der Waals surface area (Å²) in [5.41, 5.74) is 5.24. The van der Waals surface area contributed by atoms with Crippen LogP contribution in [-0.2, 0) is 13.1 Å². The monoisotopic (exact) mass is 338 g/mol. The summed E-state index contributed by atoms with van der Waals surface area (Å²) < 4.78 is 0. The lowest BCUT2D eigenvalue weighted by molar-refractivity contribution is 1.12. The van der Waals surface area contributed by atoms with Gasteiger partial charge in [0.25, 0.3) is 0 Å². The van der Waals surface area contributed by atoms with Crippen molar-refractivity contribution >= 4 is 11.4 Å². The topological polar surface area (TPSA) is 71.6 Å². The molecule has 0 fully saturated rings. The molecule has 0 aliphatic carbocycles. The van der Waals surface area contributed by atoms with Crippen molar-refractivity contribution < 1.29 is 0 Å². The number of benzene rings is 3. The van der Waals surface area contributed by atoms with E-state index in [0.29, 0.717) is 24.2 Å². The molecule has 126 valence electrons. The van der Waals surface area contributed by atoms with Gasteiger partial charge in [0.2, 0.25) is 0 Å². The van der Waals surface area contributed by atoms with E-state index in [1.54, 1.807) is 0 Å². The molecule has 3 aromatic carbocycles. The van der Waals surface area contributed by atoms with Crippen LogP contribution in [0.5, 0.6) is 0 Å². The van der Waals surface area contributed by atoms with Crippen molar-refractivity contribution in [3.8, 4) is 12.1 Å². The molecular formula is C22H18N4. The third kappa shape index (κ3) is 4.20. The second kappa shape index (κ2) is 8.37. The van der Waals surface area contributed by atoms with E-state index in [-0.39, 0.29) is 0 Å². The molecule has 0 saturated heterocycles. The van der Waals surface area contributed by atoms with Gasteiger partial charge in [0, 0.05) is 24.5 Å². The Labute approximate surface area is 153 Å². The van der Waals surface area contributed by atoms with Crippen molar-refractivity contribution in [1.29, 1.82) is 10.5 Å². The van der Waals surface area contributed by atoms with E-state index in [9.17, 15) is 10.5 Å². The Hall–Kier alpha value is -3.76. The van der Waals surface area contributed by atoms with Crippen molar-refractivity contribution in [2.24, 2.45) is 0 Å². The second-order valence-electron chi connectivity index (χ2n) is 5.83. The van der Waals surface area contributed by atoms with Gasteiger partial charge in [-0.3, -0.25) is 0 Å². The van der Waals surface area contributed by atoms with Crippen LogP contribution in [0.2, 0.25) is 0 Å². The minimum absolute atomic E-state index is 0.588. The average Bonchev–Trinajstić information content (AvgIpc) is 2.71. The third-order valence-corrected chi connectivity index (χ3v) is 4.10. The maximum atomic E-state index is 9.17. The SMILES string of the molecule is N#Cc1ccccc1CNc1cccc(NCc2ccccc2C#N)c1. The van der Waals surface area contributed by atoms with E-state index < -0.39 is 0 Å². The molecule has 0 amide bonds. The van der Waals surface area contributed by atoms with Crippen LogP contribution in [0.4, 0.5) is 11.4 Å². The number of anilines is 2. The fourth-order valence-electron chi connectivity index (χ4n) is 2.70. The molecule has 2 N–H and O–H groups in total. The van der Waals surface area contributed by atoms with Gasteiger partial charge in [-0.05, 0) is 41.5 Å². The van der Waals surface area contributed by atoms with Gasteiger partial charge in [-0.15, -0.1) is 0 Å². The molecule has 4 heteroatoms. The van der Waals surface area contributed by atoms with Gasteiger partial charge in [0.15, 0.2) is 0 Å². The molecule has 0 atom stereocenters. The first-order valence-electron chi connectivity index (χ1n) is 8.34. The zero-order valence-corrected chi connectivity index (χ0v) is 14.2. The predicted molar refractivity (Wildman–Crippen MR) is 103 cm³/mol. The molecule has 26 heavy (non-hydrogen) atoms. The highest BCUT2D eigenvalue weighted by atomic mass is 14.9. The molecule has 0 radical (unpaired) electrons. The maximum Gasteiger partial charge on any atom is 0.0995 e. The van der Waals surface area contributed by atoms with E-state index >= 15 is 0 Å². The van der Waals surface area contributed by atoms with Gasteiger partial charge in [0.1, 0.15) is 0 Å². The number of nitrogens with one attached hydrogen (secondary N) is 2. The van der Waals surface area contributed by atoms with Crippen molar-refractivity contribution in [3.05, 3.63) is 95.1 Å². The Bertz CT molecular complexity index is 903. The van der Waals surface area contributed by atoms with Gasteiger partial charge in [-0.1, -0.05) is 42.5 Å². The minimum Gasteiger partial charge on any atom is -0.381 e. The normalized spacial score (nSPS) is 9.77. The zero-order chi connectivity index (χ0) is 18.2. The first-order chi connectivity index (χ1) is 12.8. The Morgan fingerprint density at radius 1 is 0.615 bits per heavy atom. The molecule has 0 bridgehead atoms. The number of hydrogen-bond acceptors (Lipinski definition) is 4. The van der Waals surface area contributed by atoms with Crippen LogP contribution in [0, 0.1) is 22.7 Å². The van der Waals surface area contributed by atoms with E-state index in [4.69, 9.17) is 0 Å². The molecule has 3 rings (SSSR count). The van der Waals surface area contributed by atoms with E-state index in [1.807, 2.05) is 72.8 Å². The first-order valence-corrected chi connectivity index (χ1v) is 8.34. The summed E-state index contributed by atoms with van der Waals surface area (Å²) in [6.45, 7) is 1.18. The lowest BCUT2D eigenvalue weighted by Crippen LogP contribution is -2.04. The lowest BCUT2D eigenvalue weighted by Gasteiger charge is -2.11. The summed E-state index contributed by atoms with van der Waals surface area (Å²) in [6.07, 6.45) is 0. The quantitative estimate of drug-likeness (QED) is 0.686. The van der Waals surface area contributed by atoms with Crippen LogP contribution in [0.1, 0.15) is 22.3 Å². The van der Waals surface area contributed by atoms with Gasteiger partial charge < -0.3 is 10.6 Å². The van der Waals surface area contributed by atoms with E-state index in [2.05, 4.69) is 22.8 Å². The molecule has 4 nitrogen and oxygen atoms in total. The Morgan fingerprint density at radius 2 is 1.08 bits per heavy atom. The third-order valence-electron chi connectivity index (χ3n) is 4.10. The molecule has 0 aromatic heterocycles. The lowest BCUT2D eigenvalue weighted by atomic mass is 10.1. The molecule has 0 spiro atoms. The Kier molecular flexibility index (Phi) is 5.50. The van der Waals surface area contributed by atoms with Crippen LogP contribution in [0.3, 0.4) is 0 Å². The smallest absolute Gasteiger partial charge is 0.0995 e. The van der Waals surface area contributed by atoms with E-state index in [1.165, 1.54) is 0 Å². The summed E-state index contributed by atoms with van der Waals surface area (Å²) in [5.74, 6) is 0. The first kappa shape index (κ1) is 17.1. The van der Waals surface area contributed by atoms with Crippen LogP contribution in [0.25, 0.3) is 0 Å². The molecule has 0 unspecified atom stereocenters. The second-order valence-corrected chi connectivity index (χ2v) is 5.83. The minimum atomic E-state index is 0.588. The van der Waals surface area contributed by atoms with Crippen LogP contribution < -0.4 is 10.6 Å². The summed E-state index contributed by atoms with van der Waals surface area (Å²) in [6, 6.07) is 27.5. The summed E-state index contributed by atoms with van der Waals surface area (Å²) in [5, 5.41) is 25.0. The molecule has 0 saturated carbocycles. The van der Waals surface area contributed by atoms with E-state index in [0.717, 1.165) is 22.5 Å². The Morgan fingerprint density at radius 3 is 1.54 bits per heavy atom. The van der Waals surface area contributed by atoms with Crippen LogP contribution in [-0.4, -0.2) is 0 Å². The predicted octanol–water partition coefficient (Wildman–Crippen LogP) is 4.65. The number of rotatable bonds is 6. The number of nitriles is 2. The van der Waals surface area contributed by atoms with Gasteiger partial charge in [-0.2, -0.15) is 10.5 Å². The zero-order valence-electron chi connectivity index (χ0n) is 14.2. The molecule has 0 aliphatic rings. The van der Waals surface area contributed by atoms with Gasteiger partial charge in [0.05, 0.1) is 23.3 Å². The molecular weight excluding hydrogens is 320 g/mol. The Balaban J connectivity index is 1.65. The highest BCUT2D eigenvalue weighted by molar-refractivity contribution is 5.57. The molecule has 3 aromatic rings. The van der Waals surface area contributed by atoms with Crippen molar-refractivity contribution in [3.63, 3.8) is 0 Å². The standard InChI is InChI=1S/C22H18N4/c23-13-17-6-1-3-8-19(17)15-25-21-10-5-11-22(12-21)26-16-20-9-4-2-7-18(20)14-24/h1-12,25-26H,15-16H2. The fourth-order valence-corrected chi connectivity index (χ4v) is 2.70. The highest BCUT2D eigenvalue weighted by Crippen LogP contribution is 2.18. The molecule has 0 aliphatic heterocycles. The average molecular weight is 338 g/mol. The number of nitrogens with zero attached hydrogens (tertiary/aromatic N) is 2. The van der Waals surface area contributed by atoms with Gasteiger partial charge >= 0.3 is 0 Å². The van der Waals surface area contributed by atoms with Crippen LogP contribution >= 0.6 is 0 Å². The van der Waals surface area contributed by atoms with Gasteiger partial charge in [-0.25, -0.2) is 0 Å².